The third-order valence-electron chi connectivity index (χ3n) is 2.26. The lowest BCUT2D eigenvalue weighted by Crippen LogP contribution is -2.43. The van der Waals surface area contributed by atoms with Gasteiger partial charge in [-0.3, -0.25) is 10.4 Å². The van der Waals surface area contributed by atoms with Gasteiger partial charge in [0.15, 0.2) is 0 Å². The second-order valence-corrected chi connectivity index (χ2v) is 3.15. The molecule has 5 heteroatoms. The molecule has 1 rings (SSSR count). The molecule has 0 amide bonds. The Morgan fingerprint density at radius 2 is 2.23 bits per heavy atom. The van der Waals surface area contributed by atoms with Crippen LogP contribution < -0.4 is 16.6 Å². The van der Waals surface area contributed by atoms with Crippen LogP contribution in [0.2, 0.25) is 0 Å². The van der Waals surface area contributed by atoms with E-state index in [1.165, 1.54) is 0 Å². The molecule has 1 saturated heterocycles. The monoisotopic (exact) mass is 186 g/mol. The Morgan fingerprint density at radius 3 is 2.77 bits per heavy atom. The summed E-state index contributed by atoms with van der Waals surface area (Å²) in [4.78, 5) is 3.93. The van der Waals surface area contributed by atoms with Crippen molar-refractivity contribution >= 4 is 5.96 Å². The maximum atomic E-state index is 5.26. The third kappa shape index (κ3) is 3.61. The summed E-state index contributed by atoms with van der Waals surface area (Å²) in [5.41, 5.74) is 2.50. The van der Waals surface area contributed by atoms with E-state index in [2.05, 4.69) is 15.7 Å². The van der Waals surface area contributed by atoms with E-state index in [0.717, 1.165) is 32.6 Å². The van der Waals surface area contributed by atoms with E-state index >= 15 is 0 Å². The van der Waals surface area contributed by atoms with E-state index in [1.54, 1.807) is 7.05 Å². The highest BCUT2D eigenvalue weighted by Gasteiger charge is 2.13. The zero-order chi connectivity index (χ0) is 9.52. The zero-order valence-corrected chi connectivity index (χ0v) is 8.05. The second-order valence-electron chi connectivity index (χ2n) is 3.15. The van der Waals surface area contributed by atoms with Gasteiger partial charge in [0.2, 0.25) is 5.96 Å². The van der Waals surface area contributed by atoms with Gasteiger partial charge in [0.25, 0.3) is 0 Å². The minimum atomic E-state index is 0.645. The van der Waals surface area contributed by atoms with Crippen LogP contribution in [0.3, 0.4) is 0 Å². The van der Waals surface area contributed by atoms with Crippen molar-refractivity contribution in [3.8, 4) is 0 Å². The number of aliphatic imine (C=N–C) groups is 1. The molecule has 0 atom stereocenters. The molecule has 0 unspecified atom stereocenters. The highest BCUT2D eigenvalue weighted by atomic mass is 16.5. The first kappa shape index (κ1) is 10.3. The smallest absolute Gasteiger partial charge is 0.205 e. The topological polar surface area (TPSA) is 71.7 Å². The number of hydrogen-bond acceptors (Lipinski definition) is 3. The summed E-state index contributed by atoms with van der Waals surface area (Å²) >= 11 is 0. The van der Waals surface area contributed by atoms with Crippen molar-refractivity contribution < 1.29 is 4.74 Å². The Kier molecular flexibility index (Phi) is 4.56. The normalized spacial score (nSPS) is 20.0. The number of ether oxygens (including phenoxy) is 1. The standard InChI is InChI=1S/C8H18N4O/c1-10-8(12-9)11-6-7-2-4-13-5-3-7/h7H,2-6,9H2,1H3,(H2,10,11,12). The maximum Gasteiger partial charge on any atom is 0.205 e. The van der Waals surface area contributed by atoms with Crippen molar-refractivity contribution in [1.82, 2.24) is 10.7 Å². The fourth-order valence-electron chi connectivity index (χ4n) is 1.39. The van der Waals surface area contributed by atoms with Gasteiger partial charge >= 0.3 is 0 Å². The highest BCUT2D eigenvalue weighted by molar-refractivity contribution is 5.78. The van der Waals surface area contributed by atoms with Crippen LogP contribution in [0, 0.1) is 5.92 Å². The summed E-state index contributed by atoms with van der Waals surface area (Å²) in [6.45, 7) is 2.67. The molecule has 1 aliphatic rings. The average Bonchev–Trinajstić information content (AvgIpc) is 2.21. The van der Waals surface area contributed by atoms with Crippen LogP contribution in [0.1, 0.15) is 12.8 Å². The second kappa shape index (κ2) is 5.77. The van der Waals surface area contributed by atoms with E-state index in [4.69, 9.17) is 10.6 Å². The molecular formula is C8H18N4O. The zero-order valence-electron chi connectivity index (χ0n) is 8.05. The fourth-order valence-corrected chi connectivity index (χ4v) is 1.39. The molecule has 1 fully saturated rings. The Morgan fingerprint density at radius 1 is 1.54 bits per heavy atom. The molecule has 0 aromatic heterocycles. The van der Waals surface area contributed by atoms with Gasteiger partial charge in [-0.1, -0.05) is 0 Å². The van der Waals surface area contributed by atoms with Crippen molar-refractivity contribution in [2.75, 3.05) is 26.8 Å². The summed E-state index contributed by atoms with van der Waals surface area (Å²) in [5, 5.41) is 3.15. The van der Waals surface area contributed by atoms with Crippen LogP contribution in [-0.4, -0.2) is 32.8 Å². The van der Waals surface area contributed by atoms with Gasteiger partial charge in [-0.05, 0) is 18.8 Å². The lowest BCUT2D eigenvalue weighted by atomic mass is 10.0. The Balaban J connectivity index is 2.16. The number of nitrogens with zero attached hydrogens (tertiary/aromatic N) is 1. The number of nitrogens with one attached hydrogen (secondary N) is 2. The first-order chi connectivity index (χ1) is 6.36. The largest absolute Gasteiger partial charge is 0.381 e. The molecule has 5 nitrogen and oxygen atoms in total. The number of hydrogen-bond donors (Lipinski definition) is 3. The molecule has 0 spiro atoms. The molecule has 0 aromatic carbocycles. The number of nitrogens with two attached hydrogens (primary N) is 1. The summed E-state index contributed by atoms with van der Waals surface area (Å²) in [6.07, 6.45) is 2.24. The minimum absolute atomic E-state index is 0.645. The van der Waals surface area contributed by atoms with E-state index in [1.807, 2.05) is 0 Å². The molecule has 1 heterocycles. The van der Waals surface area contributed by atoms with E-state index < -0.39 is 0 Å². The summed E-state index contributed by atoms with van der Waals surface area (Å²) in [5.74, 6) is 6.56. The first-order valence-electron chi connectivity index (χ1n) is 4.62. The van der Waals surface area contributed by atoms with Crippen molar-refractivity contribution in [2.24, 2.45) is 16.8 Å². The molecule has 4 N–H and O–H groups in total. The van der Waals surface area contributed by atoms with Crippen LogP contribution in [0.25, 0.3) is 0 Å². The molecular weight excluding hydrogens is 168 g/mol. The summed E-state index contributed by atoms with van der Waals surface area (Å²) in [7, 11) is 1.70. The van der Waals surface area contributed by atoms with Crippen molar-refractivity contribution in [3.63, 3.8) is 0 Å². The van der Waals surface area contributed by atoms with Crippen molar-refractivity contribution in [3.05, 3.63) is 0 Å². The third-order valence-corrected chi connectivity index (χ3v) is 2.26. The van der Waals surface area contributed by atoms with Gasteiger partial charge in [-0.2, -0.15) is 0 Å². The molecule has 13 heavy (non-hydrogen) atoms. The van der Waals surface area contributed by atoms with Crippen molar-refractivity contribution in [1.29, 1.82) is 0 Å². The van der Waals surface area contributed by atoms with Crippen LogP contribution in [0.5, 0.6) is 0 Å². The van der Waals surface area contributed by atoms with Crippen LogP contribution in [0.4, 0.5) is 0 Å². The predicted octanol–water partition coefficient (Wildman–Crippen LogP) is -0.548. The van der Waals surface area contributed by atoms with Crippen LogP contribution in [-0.2, 0) is 4.74 Å². The first-order valence-corrected chi connectivity index (χ1v) is 4.62. The van der Waals surface area contributed by atoms with Gasteiger partial charge in [-0.15, -0.1) is 0 Å². The number of guanidine groups is 1. The van der Waals surface area contributed by atoms with E-state index in [9.17, 15) is 0 Å². The Hall–Kier alpha value is -0.810. The molecule has 0 bridgehead atoms. The molecule has 0 saturated carbocycles. The lowest BCUT2D eigenvalue weighted by Gasteiger charge is -2.22. The number of hydrazine groups is 1. The SMILES string of the molecule is CN=C(NN)NCC1CCOCC1. The van der Waals surface area contributed by atoms with Gasteiger partial charge in [0, 0.05) is 26.8 Å². The highest BCUT2D eigenvalue weighted by Crippen LogP contribution is 2.12. The molecule has 76 valence electrons. The van der Waals surface area contributed by atoms with E-state index in [-0.39, 0.29) is 0 Å². The summed E-state index contributed by atoms with van der Waals surface area (Å²) < 4.78 is 5.26. The van der Waals surface area contributed by atoms with Gasteiger partial charge < -0.3 is 10.1 Å². The number of rotatable bonds is 2. The molecule has 0 aliphatic carbocycles. The molecule has 0 aromatic rings. The van der Waals surface area contributed by atoms with Gasteiger partial charge in [0.05, 0.1) is 0 Å². The average molecular weight is 186 g/mol. The maximum absolute atomic E-state index is 5.26. The van der Waals surface area contributed by atoms with Crippen LogP contribution >= 0.6 is 0 Å². The van der Waals surface area contributed by atoms with Gasteiger partial charge in [0.1, 0.15) is 0 Å². The quantitative estimate of drug-likeness (QED) is 0.234. The molecule has 1 aliphatic heterocycles. The molecule has 0 radical (unpaired) electrons. The lowest BCUT2D eigenvalue weighted by molar-refractivity contribution is 0.0675. The minimum Gasteiger partial charge on any atom is -0.381 e. The Bertz CT molecular complexity index is 166. The summed E-state index contributed by atoms with van der Waals surface area (Å²) in [6, 6.07) is 0. The van der Waals surface area contributed by atoms with Crippen molar-refractivity contribution in [2.45, 2.75) is 12.8 Å². The predicted molar refractivity (Wildman–Crippen MR) is 52.2 cm³/mol. The van der Waals surface area contributed by atoms with Gasteiger partial charge in [-0.25, -0.2) is 5.84 Å². The van der Waals surface area contributed by atoms with Crippen LogP contribution in [0.15, 0.2) is 4.99 Å². The Labute approximate surface area is 78.7 Å². The van der Waals surface area contributed by atoms with E-state index in [0.29, 0.717) is 11.9 Å². The fraction of sp³-hybridized carbons (Fsp3) is 0.875.